The van der Waals surface area contributed by atoms with Crippen LogP contribution in [0.15, 0.2) is 6.20 Å². The summed E-state index contributed by atoms with van der Waals surface area (Å²) in [6, 6.07) is 0. The Morgan fingerprint density at radius 3 is 2.65 bits per heavy atom. The van der Waals surface area contributed by atoms with Crippen LogP contribution in [-0.2, 0) is 4.79 Å². The molecule has 0 amide bonds. The molecule has 0 bridgehead atoms. The molecule has 1 aromatic heterocycles. The Labute approximate surface area is 105 Å². The van der Waals surface area contributed by atoms with Gasteiger partial charge in [0.1, 0.15) is 16.0 Å². The molecule has 0 aromatic carbocycles. The Balaban J connectivity index is 2.64. The molecule has 0 aliphatic heterocycles. The third kappa shape index (κ3) is 4.08. The van der Waals surface area contributed by atoms with Crippen LogP contribution in [0.25, 0.3) is 0 Å². The number of aromatic carboxylic acids is 1. The van der Waals surface area contributed by atoms with Crippen LogP contribution in [-0.4, -0.2) is 43.2 Å². The molecule has 0 saturated carbocycles. The molecule has 0 aliphatic carbocycles. The van der Waals surface area contributed by atoms with E-state index in [9.17, 15) is 19.8 Å². The van der Waals surface area contributed by atoms with Crippen molar-refractivity contribution >= 4 is 34.2 Å². The lowest BCUT2D eigenvalue weighted by atomic mass is 10.2. The number of aliphatic hydroxyl groups excluding tert-OH is 2. The number of hydrogen-bond donors (Lipinski definition) is 3. The highest BCUT2D eigenvalue weighted by Gasteiger charge is 2.23. The van der Waals surface area contributed by atoms with Crippen molar-refractivity contribution in [2.45, 2.75) is 19.1 Å². The number of nitrogens with zero attached hydrogens (tertiary/aromatic N) is 1. The molecule has 8 heteroatoms. The summed E-state index contributed by atoms with van der Waals surface area (Å²) in [5.41, 5.74) is 0. The summed E-state index contributed by atoms with van der Waals surface area (Å²) >= 11 is 1.68. The molecule has 17 heavy (non-hydrogen) atoms. The minimum absolute atomic E-state index is 0.00882. The first-order valence-electron chi connectivity index (χ1n) is 4.60. The normalized spacial score (nSPS) is 14.3. The first kappa shape index (κ1) is 14.1. The molecule has 2 atom stereocenters. The summed E-state index contributed by atoms with van der Waals surface area (Å²) in [6.07, 6.45) is -1.31. The third-order valence-electron chi connectivity index (χ3n) is 1.81. The predicted octanol–water partition coefficient (Wildman–Crippen LogP) is 0.515. The van der Waals surface area contributed by atoms with E-state index in [1.807, 2.05) is 0 Å². The molecule has 6 nitrogen and oxygen atoms in total. The first-order chi connectivity index (χ1) is 7.91. The minimum Gasteiger partial charge on any atom is -0.477 e. The fourth-order valence-corrected chi connectivity index (χ4v) is 2.37. The van der Waals surface area contributed by atoms with E-state index in [0.717, 1.165) is 29.3 Å². The number of hydrogen-bond acceptors (Lipinski definition) is 7. The molecule has 1 heterocycles. The van der Waals surface area contributed by atoms with Crippen molar-refractivity contribution < 1.29 is 24.9 Å². The van der Waals surface area contributed by atoms with Gasteiger partial charge in [-0.2, -0.15) is 0 Å². The van der Waals surface area contributed by atoms with Gasteiger partial charge in [0.05, 0.1) is 12.3 Å². The molecular formula is C9H11NO5S2. The summed E-state index contributed by atoms with van der Waals surface area (Å²) < 4.78 is 0. The van der Waals surface area contributed by atoms with Gasteiger partial charge in [0, 0.05) is 12.7 Å². The lowest BCUT2D eigenvalue weighted by molar-refractivity contribution is -0.109. The van der Waals surface area contributed by atoms with E-state index in [1.165, 1.54) is 6.92 Å². The summed E-state index contributed by atoms with van der Waals surface area (Å²) in [5, 5.41) is 27.9. The van der Waals surface area contributed by atoms with E-state index in [1.54, 1.807) is 0 Å². The van der Waals surface area contributed by atoms with Gasteiger partial charge in [-0.1, -0.05) is 11.8 Å². The molecule has 0 saturated heterocycles. The number of aromatic nitrogens is 1. The highest BCUT2D eigenvalue weighted by Crippen LogP contribution is 2.24. The van der Waals surface area contributed by atoms with Gasteiger partial charge in [-0.3, -0.25) is 4.79 Å². The number of rotatable bonds is 5. The number of carboxylic acids is 1. The van der Waals surface area contributed by atoms with Crippen molar-refractivity contribution in [1.82, 2.24) is 4.98 Å². The molecular weight excluding hydrogens is 266 g/mol. The molecule has 0 spiro atoms. The van der Waals surface area contributed by atoms with Crippen molar-refractivity contribution in [2.24, 2.45) is 0 Å². The molecule has 2 unspecified atom stereocenters. The fraction of sp³-hybridized carbons (Fsp3) is 0.444. The molecule has 1 rings (SSSR count). The van der Waals surface area contributed by atoms with E-state index in [2.05, 4.69) is 4.98 Å². The van der Waals surface area contributed by atoms with Gasteiger partial charge in [-0.05, 0) is 0 Å². The SMILES string of the molecule is CC(=O)SCC(O)C(O)c1ncc(C(=O)O)s1. The van der Waals surface area contributed by atoms with E-state index < -0.39 is 18.2 Å². The van der Waals surface area contributed by atoms with Gasteiger partial charge in [0.25, 0.3) is 0 Å². The number of thioether (sulfide) groups is 1. The Hall–Kier alpha value is -0.960. The van der Waals surface area contributed by atoms with Crippen molar-refractivity contribution in [2.75, 3.05) is 5.75 Å². The second-order valence-electron chi connectivity index (χ2n) is 3.18. The lowest BCUT2D eigenvalue weighted by Gasteiger charge is -2.14. The maximum Gasteiger partial charge on any atom is 0.347 e. The standard InChI is InChI=1S/C9H11NO5S2/c1-4(11)16-3-5(12)7(13)8-10-2-6(17-8)9(14)15/h2,5,7,12-13H,3H2,1H3,(H,14,15). The van der Waals surface area contributed by atoms with Crippen LogP contribution in [0, 0.1) is 0 Å². The van der Waals surface area contributed by atoms with Gasteiger partial charge in [-0.15, -0.1) is 11.3 Å². The van der Waals surface area contributed by atoms with Gasteiger partial charge >= 0.3 is 5.97 Å². The molecule has 3 N–H and O–H groups in total. The van der Waals surface area contributed by atoms with Crippen LogP contribution in [0.1, 0.15) is 27.7 Å². The Bertz CT molecular complexity index is 419. The van der Waals surface area contributed by atoms with Gasteiger partial charge in [-0.25, -0.2) is 9.78 Å². The van der Waals surface area contributed by atoms with Crippen molar-refractivity contribution in [3.8, 4) is 0 Å². The molecule has 0 fully saturated rings. The molecule has 0 aliphatic rings. The highest BCUT2D eigenvalue weighted by molar-refractivity contribution is 8.13. The zero-order valence-electron chi connectivity index (χ0n) is 8.86. The smallest absolute Gasteiger partial charge is 0.347 e. The van der Waals surface area contributed by atoms with E-state index >= 15 is 0 Å². The Morgan fingerprint density at radius 2 is 2.18 bits per heavy atom. The van der Waals surface area contributed by atoms with E-state index in [-0.39, 0.29) is 20.8 Å². The van der Waals surface area contributed by atoms with Crippen LogP contribution >= 0.6 is 23.1 Å². The summed E-state index contributed by atoms with van der Waals surface area (Å²) in [7, 11) is 0. The van der Waals surface area contributed by atoms with Crippen LogP contribution in [0.3, 0.4) is 0 Å². The monoisotopic (exact) mass is 277 g/mol. The summed E-state index contributed by atoms with van der Waals surface area (Å²) in [6.45, 7) is 1.36. The largest absolute Gasteiger partial charge is 0.477 e. The molecule has 94 valence electrons. The third-order valence-corrected chi connectivity index (χ3v) is 3.78. The number of thiazole rings is 1. The van der Waals surface area contributed by atoms with Gasteiger partial charge in [0.2, 0.25) is 0 Å². The molecule has 1 aromatic rings. The highest BCUT2D eigenvalue weighted by atomic mass is 32.2. The number of carbonyl (C=O) groups excluding carboxylic acids is 1. The first-order valence-corrected chi connectivity index (χ1v) is 6.40. The zero-order valence-corrected chi connectivity index (χ0v) is 10.5. The number of carboxylic acid groups (broad SMARTS) is 1. The fourth-order valence-electron chi connectivity index (χ4n) is 0.982. The van der Waals surface area contributed by atoms with Crippen LogP contribution < -0.4 is 0 Å². The minimum atomic E-state index is -1.28. The lowest BCUT2D eigenvalue weighted by Crippen LogP contribution is -2.21. The van der Waals surface area contributed by atoms with Gasteiger partial charge < -0.3 is 15.3 Å². The van der Waals surface area contributed by atoms with Crippen LogP contribution in [0.2, 0.25) is 0 Å². The van der Waals surface area contributed by atoms with Crippen molar-refractivity contribution in [3.63, 3.8) is 0 Å². The summed E-state index contributed by atoms with van der Waals surface area (Å²) in [4.78, 5) is 25.0. The number of aliphatic hydroxyl groups is 2. The zero-order chi connectivity index (χ0) is 13.0. The second-order valence-corrected chi connectivity index (χ2v) is 5.44. The Kier molecular flexibility index (Phi) is 5.06. The quantitative estimate of drug-likeness (QED) is 0.719. The maximum absolute atomic E-state index is 10.7. The Morgan fingerprint density at radius 1 is 1.53 bits per heavy atom. The van der Waals surface area contributed by atoms with E-state index in [4.69, 9.17) is 5.11 Å². The predicted molar refractivity (Wildman–Crippen MR) is 63.2 cm³/mol. The summed E-state index contributed by atoms with van der Waals surface area (Å²) in [5.74, 6) is -1.09. The average molecular weight is 277 g/mol. The second kappa shape index (κ2) is 6.10. The maximum atomic E-state index is 10.7. The number of carbonyl (C=O) groups is 2. The van der Waals surface area contributed by atoms with Crippen molar-refractivity contribution in [3.05, 3.63) is 16.1 Å². The molecule has 0 radical (unpaired) electrons. The van der Waals surface area contributed by atoms with Gasteiger partial charge in [0.15, 0.2) is 5.12 Å². The van der Waals surface area contributed by atoms with Crippen LogP contribution in [0.4, 0.5) is 0 Å². The van der Waals surface area contributed by atoms with Crippen molar-refractivity contribution in [1.29, 1.82) is 0 Å². The topological polar surface area (TPSA) is 108 Å². The van der Waals surface area contributed by atoms with E-state index in [0.29, 0.717) is 0 Å². The van der Waals surface area contributed by atoms with Crippen LogP contribution in [0.5, 0.6) is 0 Å². The average Bonchev–Trinajstić information content (AvgIpc) is 2.73.